The van der Waals surface area contributed by atoms with Gasteiger partial charge in [0.15, 0.2) is 6.29 Å². The molecular weight excluding hydrogens is 164 g/mol. The van der Waals surface area contributed by atoms with Gasteiger partial charge >= 0.3 is 0 Å². The molecule has 72 valence electrons. The normalized spacial score (nSPS) is 43.0. The molecule has 1 rings (SSSR count). The molecule has 0 bridgehead atoms. The Labute approximate surface area is 70.2 Å². The molecule has 2 unspecified atom stereocenters. The second-order valence-electron chi connectivity index (χ2n) is 2.96. The quantitative estimate of drug-likeness (QED) is 0.395. The van der Waals surface area contributed by atoms with E-state index in [0.29, 0.717) is 0 Å². The molecule has 0 saturated carbocycles. The number of aliphatic hydroxyl groups is 4. The van der Waals surface area contributed by atoms with E-state index in [-0.39, 0.29) is 19.6 Å². The van der Waals surface area contributed by atoms with Gasteiger partial charge in [-0.15, -0.1) is 0 Å². The predicted molar refractivity (Wildman–Crippen MR) is 39.2 cm³/mol. The maximum absolute atomic E-state index is 9.33. The van der Waals surface area contributed by atoms with Gasteiger partial charge in [0.1, 0.15) is 0 Å². The molecule has 0 radical (unpaired) electrons. The predicted octanol–water partition coefficient (Wildman–Crippen LogP) is -1.94. The van der Waals surface area contributed by atoms with Crippen molar-refractivity contribution in [1.29, 1.82) is 0 Å². The SMILES string of the molecule is OCC1C(O)C[C@H](O)O[C@@H]1CO. The molecule has 0 aliphatic carbocycles. The Hall–Kier alpha value is -0.200. The Morgan fingerprint density at radius 3 is 2.33 bits per heavy atom. The van der Waals surface area contributed by atoms with Crippen molar-refractivity contribution in [2.75, 3.05) is 13.2 Å². The van der Waals surface area contributed by atoms with Crippen LogP contribution < -0.4 is 0 Å². The lowest BCUT2D eigenvalue weighted by atomic mass is 9.92. The molecular formula is C7H14O5. The fraction of sp³-hybridized carbons (Fsp3) is 1.00. The second-order valence-corrected chi connectivity index (χ2v) is 2.96. The summed E-state index contributed by atoms with van der Waals surface area (Å²) in [5, 5.41) is 35.9. The standard InChI is InChI=1S/C7H14O5/c8-2-4-5(10)1-7(11)12-6(4)3-9/h4-11H,1-3H2/t4?,5?,6-,7-/m1/s1. The number of hydrogen-bond acceptors (Lipinski definition) is 5. The van der Waals surface area contributed by atoms with Gasteiger partial charge in [-0.05, 0) is 0 Å². The van der Waals surface area contributed by atoms with Gasteiger partial charge in [-0.2, -0.15) is 0 Å². The largest absolute Gasteiger partial charge is 0.396 e. The van der Waals surface area contributed by atoms with E-state index in [9.17, 15) is 5.11 Å². The van der Waals surface area contributed by atoms with Crippen molar-refractivity contribution < 1.29 is 25.2 Å². The molecule has 0 aromatic rings. The maximum Gasteiger partial charge on any atom is 0.157 e. The highest BCUT2D eigenvalue weighted by Gasteiger charge is 2.36. The smallest absolute Gasteiger partial charge is 0.157 e. The summed E-state index contributed by atoms with van der Waals surface area (Å²) in [5.41, 5.74) is 0. The van der Waals surface area contributed by atoms with E-state index in [1.54, 1.807) is 0 Å². The summed E-state index contributed by atoms with van der Waals surface area (Å²) >= 11 is 0. The molecule has 1 aliphatic rings. The lowest BCUT2D eigenvalue weighted by Crippen LogP contribution is -2.47. The summed E-state index contributed by atoms with van der Waals surface area (Å²) < 4.78 is 4.89. The number of ether oxygens (including phenoxy) is 1. The molecule has 0 aromatic heterocycles. The van der Waals surface area contributed by atoms with Crippen LogP contribution in [-0.2, 0) is 4.74 Å². The Bertz CT molecular complexity index is 140. The molecule has 1 heterocycles. The molecule has 1 fully saturated rings. The summed E-state index contributed by atoms with van der Waals surface area (Å²) in [7, 11) is 0. The monoisotopic (exact) mass is 178 g/mol. The summed E-state index contributed by atoms with van der Waals surface area (Å²) in [6, 6.07) is 0. The minimum atomic E-state index is -1.04. The highest BCUT2D eigenvalue weighted by Crippen LogP contribution is 2.23. The first-order chi connectivity index (χ1) is 5.69. The Morgan fingerprint density at radius 2 is 1.83 bits per heavy atom. The molecule has 4 N–H and O–H groups in total. The molecule has 0 amide bonds. The molecule has 0 spiro atoms. The van der Waals surface area contributed by atoms with Crippen LogP contribution in [0.4, 0.5) is 0 Å². The van der Waals surface area contributed by atoms with Gasteiger partial charge in [-0.3, -0.25) is 0 Å². The minimum absolute atomic E-state index is 0.0850. The van der Waals surface area contributed by atoms with Crippen LogP contribution in [0.5, 0.6) is 0 Å². The van der Waals surface area contributed by atoms with E-state index in [2.05, 4.69) is 0 Å². The average Bonchev–Trinajstić information content (AvgIpc) is 2.03. The Balaban J connectivity index is 2.56. The molecule has 4 atom stereocenters. The van der Waals surface area contributed by atoms with Crippen molar-refractivity contribution in [2.45, 2.75) is 24.9 Å². The first-order valence-corrected chi connectivity index (χ1v) is 3.92. The van der Waals surface area contributed by atoms with E-state index < -0.39 is 24.4 Å². The van der Waals surface area contributed by atoms with E-state index in [1.165, 1.54) is 0 Å². The van der Waals surface area contributed by atoms with Crippen LogP contribution >= 0.6 is 0 Å². The lowest BCUT2D eigenvalue weighted by molar-refractivity contribution is -0.227. The zero-order valence-electron chi connectivity index (χ0n) is 6.63. The van der Waals surface area contributed by atoms with E-state index >= 15 is 0 Å². The third-order valence-electron chi connectivity index (χ3n) is 2.14. The van der Waals surface area contributed by atoms with Gasteiger partial charge < -0.3 is 25.2 Å². The van der Waals surface area contributed by atoms with Crippen LogP contribution in [0.2, 0.25) is 0 Å². The van der Waals surface area contributed by atoms with Gasteiger partial charge in [-0.25, -0.2) is 0 Å². The summed E-state index contributed by atoms with van der Waals surface area (Å²) in [6.45, 7) is -0.557. The fourth-order valence-electron chi connectivity index (χ4n) is 1.41. The van der Waals surface area contributed by atoms with E-state index in [0.717, 1.165) is 0 Å². The summed E-state index contributed by atoms with van der Waals surface area (Å²) in [5.74, 6) is -0.501. The Kier molecular flexibility index (Phi) is 3.42. The second kappa shape index (κ2) is 4.15. The van der Waals surface area contributed by atoms with Crippen molar-refractivity contribution in [3.05, 3.63) is 0 Å². The van der Waals surface area contributed by atoms with Crippen LogP contribution in [0.3, 0.4) is 0 Å². The zero-order valence-corrected chi connectivity index (χ0v) is 6.63. The van der Waals surface area contributed by atoms with Gasteiger partial charge in [0.2, 0.25) is 0 Å². The fourth-order valence-corrected chi connectivity index (χ4v) is 1.41. The molecule has 5 nitrogen and oxygen atoms in total. The molecule has 5 heteroatoms. The lowest BCUT2D eigenvalue weighted by Gasteiger charge is -2.35. The van der Waals surface area contributed by atoms with Gasteiger partial charge in [0, 0.05) is 12.3 Å². The van der Waals surface area contributed by atoms with Crippen molar-refractivity contribution in [3.8, 4) is 0 Å². The first-order valence-electron chi connectivity index (χ1n) is 3.92. The molecule has 1 aliphatic heterocycles. The van der Waals surface area contributed by atoms with Crippen molar-refractivity contribution in [2.24, 2.45) is 5.92 Å². The average molecular weight is 178 g/mol. The highest BCUT2D eigenvalue weighted by molar-refractivity contribution is 4.81. The Morgan fingerprint density at radius 1 is 1.17 bits per heavy atom. The third kappa shape index (κ3) is 1.94. The van der Waals surface area contributed by atoms with Crippen LogP contribution in [0.15, 0.2) is 0 Å². The molecule has 12 heavy (non-hydrogen) atoms. The third-order valence-corrected chi connectivity index (χ3v) is 2.14. The van der Waals surface area contributed by atoms with Crippen LogP contribution in [0, 0.1) is 5.92 Å². The van der Waals surface area contributed by atoms with Crippen LogP contribution in [0.1, 0.15) is 6.42 Å². The topological polar surface area (TPSA) is 90.2 Å². The van der Waals surface area contributed by atoms with Crippen molar-refractivity contribution >= 4 is 0 Å². The van der Waals surface area contributed by atoms with Gasteiger partial charge in [0.05, 0.1) is 25.4 Å². The maximum atomic E-state index is 9.33. The summed E-state index contributed by atoms with van der Waals surface area (Å²) in [6.07, 6.45) is -2.44. The van der Waals surface area contributed by atoms with E-state index in [4.69, 9.17) is 20.1 Å². The number of rotatable bonds is 2. The zero-order chi connectivity index (χ0) is 9.14. The van der Waals surface area contributed by atoms with Crippen LogP contribution in [-0.4, -0.2) is 52.1 Å². The van der Waals surface area contributed by atoms with Gasteiger partial charge in [0.25, 0.3) is 0 Å². The van der Waals surface area contributed by atoms with Crippen LogP contribution in [0.25, 0.3) is 0 Å². The summed E-state index contributed by atoms with van der Waals surface area (Å²) in [4.78, 5) is 0. The van der Waals surface area contributed by atoms with Gasteiger partial charge in [-0.1, -0.05) is 0 Å². The number of hydrogen-bond donors (Lipinski definition) is 4. The molecule has 1 saturated heterocycles. The number of aliphatic hydroxyl groups excluding tert-OH is 4. The van der Waals surface area contributed by atoms with E-state index in [1.807, 2.05) is 0 Å². The van der Waals surface area contributed by atoms with Crippen molar-refractivity contribution in [3.63, 3.8) is 0 Å². The van der Waals surface area contributed by atoms with Crippen molar-refractivity contribution in [1.82, 2.24) is 0 Å². The molecule has 0 aromatic carbocycles. The minimum Gasteiger partial charge on any atom is -0.396 e. The highest BCUT2D eigenvalue weighted by atomic mass is 16.6. The first kappa shape index (κ1) is 9.88.